The average Bonchev–Trinajstić information content (AvgIpc) is 3.77. The SMILES string of the molecule is CCC(C)c1cc2c(-c3ccc(C(C)C)cc3)cccc2[cH-]1.CCc1cc2c(-c3ccc(C(C)CC)cc3)cccc2[cH-]1.C[Si]C.[Cl][Zr+2][Cl]. The molecule has 6 aromatic rings. The number of halogens is 2. The van der Waals surface area contributed by atoms with Gasteiger partial charge in [0.15, 0.2) is 0 Å². The van der Waals surface area contributed by atoms with Crippen molar-refractivity contribution in [3.05, 3.63) is 131 Å². The van der Waals surface area contributed by atoms with Crippen molar-refractivity contribution in [1.29, 1.82) is 0 Å². The summed E-state index contributed by atoms with van der Waals surface area (Å²) in [6.45, 7) is 20.1. The fraction of sp³-hybridized carbons (Fsp3) is 0.333. The third-order valence-electron chi connectivity index (χ3n) is 9.46. The molecule has 0 aromatic heterocycles. The van der Waals surface area contributed by atoms with Gasteiger partial charge in [-0.15, -0.1) is 69.1 Å². The predicted molar refractivity (Wildman–Crippen MR) is 220 cm³/mol. The molecule has 0 heterocycles. The Morgan fingerprint density at radius 3 is 1.51 bits per heavy atom. The zero-order valence-corrected chi connectivity index (χ0v) is 36.0. The van der Waals surface area contributed by atoms with Gasteiger partial charge in [-0.25, -0.2) is 0 Å². The minimum atomic E-state index is -0.826. The fourth-order valence-electron chi connectivity index (χ4n) is 6.06. The summed E-state index contributed by atoms with van der Waals surface area (Å²) in [5.41, 5.74) is 11.1. The second kappa shape index (κ2) is 21.2. The van der Waals surface area contributed by atoms with Crippen molar-refractivity contribution in [3.8, 4) is 22.3 Å². The van der Waals surface area contributed by atoms with E-state index >= 15 is 0 Å². The molecule has 6 rings (SSSR count). The van der Waals surface area contributed by atoms with Crippen LogP contribution in [0.5, 0.6) is 0 Å². The Kier molecular flexibility index (Phi) is 17.8. The first-order valence-corrected chi connectivity index (χ1v) is 26.1. The van der Waals surface area contributed by atoms with Gasteiger partial charge in [0.2, 0.25) is 0 Å². The first-order valence-electron chi connectivity index (χ1n) is 17.8. The molecule has 6 aromatic carbocycles. The monoisotopic (exact) mass is 782 g/mol. The second-order valence-electron chi connectivity index (χ2n) is 13.2. The molecule has 0 N–H and O–H groups in total. The molecule has 0 aliphatic heterocycles. The van der Waals surface area contributed by atoms with Crippen LogP contribution in [0.4, 0.5) is 0 Å². The van der Waals surface area contributed by atoms with Crippen molar-refractivity contribution in [2.45, 2.75) is 98.6 Å². The van der Waals surface area contributed by atoms with Gasteiger partial charge < -0.3 is 0 Å². The molecule has 0 amide bonds. The summed E-state index contributed by atoms with van der Waals surface area (Å²) in [5, 5.41) is 5.48. The van der Waals surface area contributed by atoms with Crippen LogP contribution in [-0.2, 0) is 27.3 Å². The van der Waals surface area contributed by atoms with E-state index in [-0.39, 0.29) is 0 Å². The minimum absolute atomic E-state index is 0.584. The van der Waals surface area contributed by atoms with Crippen LogP contribution in [0.25, 0.3) is 43.8 Å². The molecular weight excluding hydrogens is 731 g/mol. The average molecular weight is 785 g/mol. The van der Waals surface area contributed by atoms with Gasteiger partial charge in [0, 0.05) is 9.52 Å². The number of rotatable bonds is 8. The summed E-state index contributed by atoms with van der Waals surface area (Å²) in [5.74, 6) is 1.85. The van der Waals surface area contributed by atoms with Gasteiger partial charge in [0.05, 0.1) is 0 Å². The van der Waals surface area contributed by atoms with Gasteiger partial charge in [0.1, 0.15) is 0 Å². The molecule has 0 saturated heterocycles. The number of hydrogen-bond donors (Lipinski definition) is 0. The van der Waals surface area contributed by atoms with Gasteiger partial charge >= 0.3 is 37.9 Å². The van der Waals surface area contributed by atoms with Crippen molar-refractivity contribution in [3.63, 3.8) is 0 Å². The maximum absolute atomic E-state index is 4.93. The Hall–Kier alpha value is -2.22. The summed E-state index contributed by atoms with van der Waals surface area (Å²) >= 11 is -0.826. The van der Waals surface area contributed by atoms with E-state index in [2.05, 4.69) is 171 Å². The Balaban J connectivity index is 0.000000229. The zero-order chi connectivity index (χ0) is 35.9. The van der Waals surface area contributed by atoms with E-state index in [0.29, 0.717) is 17.8 Å². The number of hydrogen-bond acceptors (Lipinski definition) is 0. The van der Waals surface area contributed by atoms with Crippen LogP contribution in [-0.4, -0.2) is 9.52 Å². The third-order valence-corrected chi connectivity index (χ3v) is 9.46. The standard InChI is InChI=1S/C22H25.C21H23.C2H6Si.2ClH.Zr/c1-5-16(4)20-13-19-7-6-8-21(22(19)14-20)18-11-9-17(10-12-18)15(2)3;1-4-15(3)17-9-11-18(12-10-17)20-8-6-7-19-13-16(5-2)14-21(19)20;1-3-2;;;/h6-16H,5H2,1-4H3;6-15H,4-5H2,1-3H3;1-2H3;2*1H;/q2*-1;;;;+4/p-2. The maximum atomic E-state index is 4.93. The Labute approximate surface area is 318 Å². The normalized spacial score (nSPS) is 11.8. The topological polar surface area (TPSA) is 0 Å². The molecule has 49 heavy (non-hydrogen) atoms. The summed E-state index contributed by atoms with van der Waals surface area (Å²) in [7, 11) is 11.0. The van der Waals surface area contributed by atoms with E-state index in [1.807, 2.05) is 0 Å². The predicted octanol–water partition coefficient (Wildman–Crippen LogP) is 15.3. The Bertz CT molecular complexity index is 1810. The first-order chi connectivity index (χ1) is 23.6. The van der Waals surface area contributed by atoms with E-state index < -0.39 is 20.8 Å². The van der Waals surface area contributed by atoms with Crippen molar-refractivity contribution in [2.24, 2.45) is 0 Å². The molecule has 0 aliphatic rings. The van der Waals surface area contributed by atoms with Gasteiger partial charge in [0.25, 0.3) is 0 Å². The van der Waals surface area contributed by atoms with Crippen molar-refractivity contribution < 1.29 is 20.8 Å². The fourth-order valence-corrected chi connectivity index (χ4v) is 6.06. The summed E-state index contributed by atoms with van der Waals surface area (Å²) in [6.07, 6.45) is 3.48. The molecule has 2 atom stereocenters. The van der Waals surface area contributed by atoms with Crippen LogP contribution in [0.1, 0.15) is 101 Å². The molecule has 2 unspecified atom stereocenters. The zero-order valence-electron chi connectivity index (χ0n) is 31.0. The summed E-state index contributed by atoms with van der Waals surface area (Å²) in [4.78, 5) is 0. The number of aryl methyl sites for hydroxylation is 1. The van der Waals surface area contributed by atoms with Crippen LogP contribution in [0.3, 0.4) is 0 Å². The van der Waals surface area contributed by atoms with E-state index in [1.165, 1.54) is 78.9 Å². The van der Waals surface area contributed by atoms with Crippen LogP contribution < -0.4 is 0 Å². The van der Waals surface area contributed by atoms with E-state index in [9.17, 15) is 0 Å². The molecule has 256 valence electrons. The Morgan fingerprint density at radius 1 is 0.612 bits per heavy atom. The van der Waals surface area contributed by atoms with E-state index in [1.54, 1.807) is 0 Å². The summed E-state index contributed by atoms with van der Waals surface area (Å²) in [6, 6.07) is 40.8. The molecular formula is C45H54Cl2SiZr. The van der Waals surface area contributed by atoms with Crippen molar-refractivity contribution in [1.82, 2.24) is 0 Å². The molecule has 0 aliphatic carbocycles. The molecule has 2 radical (unpaired) electrons. The van der Waals surface area contributed by atoms with Crippen LogP contribution in [0.2, 0.25) is 13.1 Å². The van der Waals surface area contributed by atoms with Crippen LogP contribution in [0, 0.1) is 0 Å². The molecule has 0 spiro atoms. The quantitative estimate of drug-likeness (QED) is 0.107. The van der Waals surface area contributed by atoms with Gasteiger partial charge in [-0.05, 0) is 52.8 Å². The molecule has 4 heteroatoms. The van der Waals surface area contributed by atoms with Crippen molar-refractivity contribution in [2.75, 3.05) is 0 Å². The molecule has 0 fully saturated rings. The Morgan fingerprint density at radius 2 is 1.06 bits per heavy atom. The summed E-state index contributed by atoms with van der Waals surface area (Å²) < 4.78 is 0. The van der Waals surface area contributed by atoms with Crippen LogP contribution in [0.15, 0.2) is 109 Å². The van der Waals surface area contributed by atoms with Crippen molar-refractivity contribution >= 4 is 48.1 Å². The number of fused-ring (bicyclic) bond motifs is 2. The van der Waals surface area contributed by atoms with Gasteiger partial charge in [-0.3, -0.25) is 0 Å². The van der Waals surface area contributed by atoms with Gasteiger partial charge in [-0.1, -0.05) is 140 Å². The molecule has 0 bridgehead atoms. The van der Waals surface area contributed by atoms with Crippen LogP contribution >= 0.6 is 17.0 Å². The number of benzene rings is 4. The first kappa shape index (κ1) is 41.2. The second-order valence-corrected chi connectivity index (χ2v) is 17.9. The molecule has 0 saturated carbocycles. The van der Waals surface area contributed by atoms with E-state index in [0.717, 1.165) is 15.9 Å². The van der Waals surface area contributed by atoms with E-state index in [4.69, 9.17) is 17.0 Å². The third kappa shape index (κ3) is 11.4. The van der Waals surface area contributed by atoms with Gasteiger partial charge in [-0.2, -0.15) is 12.1 Å². The molecule has 0 nitrogen and oxygen atoms in total.